The zero-order chi connectivity index (χ0) is 20.0. The molecule has 0 amide bonds. The van der Waals surface area contributed by atoms with Crippen LogP contribution in [0.15, 0.2) is 24.3 Å². The van der Waals surface area contributed by atoms with E-state index in [9.17, 15) is 13.0 Å². The van der Waals surface area contributed by atoms with Gasteiger partial charge in [0.05, 0.1) is 10.1 Å². The summed E-state index contributed by atoms with van der Waals surface area (Å²) < 4.78 is 32.6. The van der Waals surface area contributed by atoms with Crippen molar-refractivity contribution in [3.63, 3.8) is 0 Å². The first-order valence-electron chi connectivity index (χ1n) is 10.7. The van der Waals surface area contributed by atoms with E-state index in [1.807, 2.05) is 6.07 Å². The van der Waals surface area contributed by atoms with Crippen LogP contribution in [-0.4, -0.2) is 31.8 Å². The summed E-state index contributed by atoms with van der Waals surface area (Å²) in [5.41, 5.74) is 2.31. The van der Waals surface area contributed by atoms with Gasteiger partial charge in [0.15, 0.2) is 0 Å². The number of benzene rings is 1. The van der Waals surface area contributed by atoms with E-state index in [1.165, 1.54) is 63.4 Å². The molecule has 0 aliphatic rings. The summed E-state index contributed by atoms with van der Waals surface area (Å²) in [6, 6.07) is 8.28. The SMILES string of the molecule is CCCCCCCCCCCCN(CCCS(=O)(=O)[O-])c1cccc(C)c1.[Na+]. The van der Waals surface area contributed by atoms with Crippen molar-refractivity contribution in [2.45, 2.75) is 84.5 Å². The summed E-state index contributed by atoms with van der Waals surface area (Å²) >= 11 is 0. The van der Waals surface area contributed by atoms with Gasteiger partial charge in [0.2, 0.25) is 0 Å². The molecule has 1 rings (SSSR count). The van der Waals surface area contributed by atoms with Gasteiger partial charge in [0.25, 0.3) is 0 Å². The second-order valence-electron chi connectivity index (χ2n) is 7.62. The van der Waals surface area contributed by atoms with Crippen molar-refractivity contribution >= 4 is 15.8 Å². The van der Waals surface area contributed by atoms with E-state index in [4.69, 9.17) is 0 Å². The minimum atomic E-state index is -4.13. The minimum absolute atomic E-state index is 0. The van der Waals surface area contributed by atoms with Crippen molar-refractivity contribution < 1.29 is 42.5 Å². The third kappa shape index (κ3) is 14.9. The van der Waals surface area contributed by atoms with Crippen LogP contribution in [0.4, 0.5) is 5.69 Å². The fourth-order valence-corrected chi connectivity index (χ4v) is 3.90. The molecule has 0 saturated heterocycles. The number of aryl methyl sites for hydroxylation is 1. The number of hydrogen-bond acceptors (Lipinski definition) is 4. The van der Waals surface area contributed by atoms with Gasteiger partial charge in [-0.25, -0.2) is 8.42 Å². The van der Waals surface area contributed by atoms with Gasteiger partial charge in [0.1, 0.15) is 0 Å². The van der Waals surface area contributed by atoms with Gasteiger partial charge in [-0.15, -0.1) is 0 Å². The van der Waals surface area contributed by atoms with E-state index in [0.29, 0.717) is 13.0 Å². The van der Waals surface area contributed by atoms with E-state index in [-0.39, 0.29) is 35.3 Å². The topological polar surface area (TPSA) is 60.4 Å². The van der Waals surface area contributed by atoms with Crippen LogP contribution in [-0.2, 0) is 10.1 Å². The molecule has 1 aromatic carbocycles. The second kappa shape index (κ2) is 16.7. The maximum Gasteiger partial charge on any atom is 1.00 e. The summed E-state index contributed by atoms with van der Waals surface area (Å²) in [7, 11) is -4.13. The van der Waals surface area contributed by atoms with Gasteiger partial charge in [-0.1, -0.05) is 76.8 Å². The van der Waals surface area contributed by atoms with Gasteiger partial charge in [-0.2, -0.15) is 0 Å². The van der Waals surface area contributed by atoms with Crippen LogP contribution in [0.1, 0.15) is 83.1 Å². The fraction of sp³-hybridized carbons (Fsp3) is 0.727. The van der Waals surface area contributed by atoms with Crippen LogP contribution in [0, 0.1) is 6.92 Å². The Kier molecular flexibility index (Phi) is 16.7. The van der Waals surface area contributed by atoms with Gasteiger partial charge < -0.3 is 9.45 Å². The Bertz CT molecular complexity index is 608. The largest absolute Gasteiger partial charge is 1.00 e. The number of unbranched alkanes of at least 4 members (excludes halogenated alkanes) is 9. The Balaban J connectivity index is 0.00000729. The third-order valence-corrected chi connectivity index (χ3v) is 5.76. The Hall–Kier alpha value is -0.0700. The van der Waals surface area contributed by atoms with Crippen LogP contribution in [0.2, 0.25) is 0 Å². The van der Waals surface area contributed by atoms with Crippen LogP contribution in [0.5, 0.6) is 0 Å². The van der Waals surface area contributed by atoms with E-state index in [0.717, 1.165) is 18.7 Å². The number of hydrogen-bond donors (Lipinski definition) is 0. The summed E-state index contributed by atoms with van der Waals surface area (Å²) in [4.78, 5) is 2.23. The van der Waals surface area contributed by atoms with Crippen LogP contribution < -0.4 is 34.5 Å². The monoisotopic (exact) mass is 419 g/mol. The molecule has 0 radical (unpaired) electrons. The van der Waals surface area contributed by atoms with Crippen LogP contribution >= 0.6 is 0 Å². The summed E-state index contributed by atoms with van der Waals surface area (Å²) in [5, 5.41) is 0. The van der Waals surface area contributed by atoms with Gasteiger partial charge in [-0.05, 0) is 37.5 Å². The first-order valence-corrected chi connectivity index (χ1v) is 12.3. The molecule has 0 aliphatic carbocycles. The van der Waals surface area contributed by atoms with Crippen LogP contribution in [0.3, 0.4) is 0 Å². The van der Waals surface area contributed by atoms with Gasteiger partial charge in [0, 0.05) is 24.5 Å². The van der Waals surface area contributed by atoms with Crippen molar-refractivity contribution in [1.29, 1.82) is 0 Å². The first kappa shape index (κ1) is 27.9. The molecule has 0 fully saturated rings. The van der Waals surface area contributed by atoms with Gasteiger partial charge >= 0.3 is 29.6 Å². The number of rotatable bonds is 16. The van der Waals surface area contributed by atoms with Crippen molar-refractivity contribution in [1.82, 2.24) is 0 Å². The molecule has 0 unspecified atom stereocenters. The van der Waals surface area contributed by atoms with Crippen molar-refractivity contribution in [3.8, 4) is 0 Å². The molecule has 0 N–H and O–H groups in total. The minimum Gasteiger partial charge on any atom is -0.748 e. The molecule has 6 heteroatoms. The molecular weight excluding hydrogens is 381 g/mol. The van der Waals surface area contributed by atoms with E-state index in [1.54, 1.807) is 0 Å². The average molecular weight is 420 g/mol. The molecule has 1 aromatic rings. The van der Waals surface area contributed by atoms with Crippen molar-refractivity contribution in [2.24, 2.45) is 0 Å². The molecular formula is C22H38NNaO3S. The number of nitrogens with zero attached hydrogens (tertiary/aromatic N) is 1. The normalized spacial score (nSPS) is 11.2. The van der Waals surface area contributed by atoms with E-state index < -0.39 is 10.1 Å². The molecule has 0 heterocycles. The molecule has 0 aromatic heterocycles. The average Bonchev–Trinajstić information content (AvgIpc) is 2.60. The zero-order valence-electron chi connectivity index (χ0n) is 18.3. The summed E-state index contributed by atoms with van der Waals surface area (Å²) in [6.07, 6.45) is 13.4. The zero-order valence-corrected chi connectivity index (χ0v) is 21.1. The quantitative estimate of drug-likeness (QED) is 0.235. The fourth-order valence-electron chi connectivity index (χ4n) is 3.42. The Morgan fingerprint density at radius 1 is 0.857 bits per heavy atom. The maximum atomic E-state index is 10.9. The van der Waals surface area contributed by atoms with E-state index in [2.05, 4.69) is 36.9 Å². The third-order valence-electron chi connectivity index (χ3n) is 4.97. The molecule has 0 spiro atoms. The molecule has 0 saturated carbocycles. The molecule has 156 valence electrons. The Morgan fingerprint density at radius 2 is 1.39 bits per heavy atom. The van der Waals surface area contributed by atoms with Crippen molar-refractivity contribution in [2.75, 3.05) is 23.7 Å². The predicted molar refractivity (Wildman–Crippen MR) is 114 cm³/mol. The summed E-state index contributed by atoms with van der Waals surface area (Å²) in [6.45, 7) is 5.84. The predicted octanol–water partition coefficient (Wildman–Crippen LogP) is 2.66. The van der Waals surface area contributed by atoms with Crippen molar-refractivity contribution in [3.05, 3.63) is 29.8 Å². The van der Waals surface area contributed by atoms with Crippen LogP contribution in [0.25, 0.3) is 0 Å². The molecule has 28 heavy (non-hydrogen) atoms. The standard InChI is InChI=1S/C22H39NO3S.Na/c1-3-4-5-6-7-8-9-10-11-12-17-23(18-14-19-27(24,25)26)22-16-13-15-21(2)20-22;/h13,15-16,20H,3-12,14,17-19H2,1-2H3,(H,24,25,26);/q;+1/p-1. The number of anilines is 1. The molecule has 0 atom stereocenters. The van der Waals surface area contributed by atoms with E-state index >= 15 is 0 Å². The molecule has 0 aliphatic heterocycles. The Labute approximate surface area is 195 Å². The molecule has 0 bridgehead atoms. The molecule has 4 nitrogen and oxygen atoms in total. The maximum absolute atomic E-state index is 10.9. The Morgan fingerprint density at radius 3 is 1.93 bits per heavy atom. The smallest absolute Gasteiger partial charge is 0.748 e. The first-order chi connectivity index (χ1) is 12.9. The summed E-state index contributed by atoms with van der Waals surface area (Å²) in [5.74, 6) is -0.284. The van der Waals surface area contributed by atoms with Gasteiger partial charge in [-0.3, -0.25) is 0 Å². The second-order valence-corrected chi connectivity index (χ2v) is 9.15.